The number of halogens is 2. The molecule has 50 heavy (non-hydrogen) atoms. The lowest BCUT2D eigenvalue weighted by Crippen LogP contribution is -2.61. The number of rotatable bonds is 8. The van der Waals surface area contributed by atoms with Crippen molar-refractivity contribution in [2.24, 2.45) is 0 Å². The molecule has 2 aliphatic rings. The molecule has 1 aromatic heterocycles. The minimum atomic E-state index is -5.83. The van der Waals surface area contributed by atoms with Crippen molar-refractivity contribution in [2.75, 3.05) is 25.0 Å². The van der Waals surface area contributed by atoms with Crippen molar-refractivity contribution < 1.29 is 42.3 Å². The largest absolute Gasteiger partial charge is 0.399 e. The van der Waals surface area contributed by atoms with Crippen molar-refractivity contribution in [3.8, 4) is 0 Å². The number of amides is 4. The highest BCUT2D eigenvalue weighted by Gasteiger charge is 2.50. The second kappa shape index (κ2) is 13.8. The molecule has 3 heterocycles. The van der Waals surface area contributed by atoms with Crippen LogP contribution in [0.3, 0.4) is 0 Å². The van der Waals surface area contributed by atoms with Crippen LogP contribution >= 0.6 is 7.60 Å². The van der Waals surface area contributed by atoms with E-state index in [1.54, 1.807) is 36.2 Å². The lowest BCUT2D eigenvalue weighted by atomic mass is 10.1. The third-order valence-electron chi connectivity index (χ3n) is 9.38. The first-order chi connectivity index (χ1) is 23.7. The number of nitrogens with one attached hydrogen (secondary N) is 2. The van der Waals surface area contributed by atoms with Crippen LogP contribution in [0.25, 0.3) is 10.9 Å². The van der Waals surface area contributed by atoms with Gasteiger partial charge in [0.1, 0.15) is 17.8 Å². The van der Waals surface area contributed by atoms with Crippen LogP contribution in [0.15, 0.2) is 84.9 Å². The van der Waals surface area contributed by atoms with Crippen LogP contribution in [0.5, 0.6) is 0 Å². The highest BCUT2D eigenvalue weighted by Crippen LogP contribution is 2.59. The van der Waals surface area contributed by atoms with Crippen molar-refractivity contribution in [1.82, 2.24) is 20.1 Å². The highest BCUT2D eigenvalue weighted by atomic mass is 31.2. The van der Waals surface area contributed by atoms with Gasteiger partial charge in [-0.1, -0.05) is 54.6 Å². The monoisotopic (exact) mass is 707 g/mol. The molecule has 2 saturated heterocycles. The van der Waals surface area contributed by atoms with Crippen molar-refractivity contribution in [1.29, 1.82) is 0 Å². The molecule has 0 spiro atoms. The fourth-order valence-corrected chi connectivity index (χ4v) is 7.16. The minimum Gasteiger partial charge on any atom is -0.351 e. The van der Waals surface area contributed by atoms with Crippen molar-refractivity contribution in [3.63, 3.8) is 0 Å². The first kappa shape index (κ1) is 34.9. The lowest BCUT2D eigenvalue weighted by Gasteiger charge is -2.39. The van der Waals surface area contributed by atoms with Crippen molar-refractivity contribution in [2.45, 2.75) is 49.5 Å². The Morgan fingerprint density at radius 1 is 0.980 bits per heavy atom. The van der Waals surface area contributed by atoms with Crippen LogP contribution in [-0.2, 0) is 31.0 Å². The average molecular weight is 708 g/mol. The van der Waals surface area contributed by atoms with E-state index in [1.807, 2.05) is 36.4 Å². The molecule has 1 unspecified atom stereocenters. The topological polar surface area (TPSA) is 163 Å². The predicted octanol–water partition coefficient (Wildman–Crippen LogP) is 3.99. The maximum Gasteiger partial charge on any atom is 0.399 e. The number of fused-ring (bicyclic) bond motifs is 2. The molecule has 0 radical (unpaired) electrons. The quantitative estimate of drug-likeness (QED) is 0.201. The molecule has 4 amide bonds. The molecular weight excluding hydrogens is 671 g/mol. The third kappa shape index (κ3) is 6.91. The number of carbonyl (C=O) groups is 4. The van der Waals surface area contributed by atoms with Gasteiger partial charge in [-0.15, -0.1) is 0 Å². The van der Waals surface area contributed by atoms with Crippen LogP contribution in [0.4, 0.5) is 14.5 Å². The normalized spacial score (nSPS) is 19.9. The van der Waals surface area contributed by atoms with Crippen LogP contribution in [0.1, 0.15) is 40.9 Å². The van der Waals surface area contributed by atoms with E-state index in [0.29, 0.717) is 24.9 Å². The van der Waals surface area contributed by atoms with Crippen molar-refractivity contribution in [3.05, 3.63) is 102 Å². The zero-order valence-electron chi connectivity index (χ0n) is 27.0. The van der Waals surface area contributed by atoms with Gasteiger partial charge in [0.05, 0.1) is 6.42 Å². The molecule has 4 aromatic rings. The van der Waals surface area contributed by atoms with Crippen LogP contribution < -0.4 is 10.2 Å². The number of aromatic amines is 1. The Balaban J connectivity index is 1.29. The summed E-state index contributed by atoms with van der Waals surface area (Å²) in [6.45, 7) is 0.110. The molecule has 12 nitrogen and oxygen atoms in total. The van der Waals surface area contributed by atoms with Crippen molar-refractivity contribution >= 4 is 47.8 Å². The summed E-state index contributed by atoms with van der Waals surface area (Å²) in [5.41, 5.74) is -3.81. The van der Waals surface area contributed by atoms with E-state index >= 15 is 0 Å². The highest BCUT2D eigenvalue weighted by molar-refractivity contribution is 7.52. The molecule has 0 bridgehead atoms. The molecule has 0 aliphatic carbocycles. The zero-order valence-corrected chi connectivity index (χ0v) is 27.9. The molecule has 6 rings (SSSR count). The van der Waals surface area contributed by atoms with Gasteiger partial charge in [0.25, 0.3) is 5.91 Å². The zero-order chi connectivity index (χ0) is 35.8. The summed E-state index contributed by atoms with van der Waals surface area (Å²) < 4.78 is 40.2. The van der Waals surface area contributed by atoms with Gasteiger partial charge in [-0.3, -0.25) is 23.7 Å². The molecule has 262 valence electrons. The Labute approximate surface area is 286 Å². The molecule has 4 N–H and O–H groups in total. The Kier molecular flexibility index (Phi) is 9.62. The number of alkyl halides is 2. The number of nitrogens with zero attached hydrogens (tertiary/aromatic N) is 3. The molecule has 3 atom stereocenters. The van der Waals surface area contributed by atoms with Gasteiger partial charge >= 0.3 is 13.3 Å². The number of hydrogen-bond donors (Lipinski definition) is 4. The standard InChI is InChI=1S/C35H36F2N5O7P/c1-40(25-10-6-3-7-11-25)34(46)30-15-13-26-16-17-41(31(43)18-22-8-4-2-5-9-22)21-29(33(45)42(26)30)39-32(44)28-20-23-19-24(12-14-27(23)38-28)35(36,37)50(47,48)49/h2-12,14,19-20,26,29-30,38H,13,15-18,21H2,1H3,(H,39,44)(H2,47,48,49)/t26-,29?,30+/m1/s1. The van der Waals surface area contributed by atoms with E-state index in [2.05, 4.69) is 10.3 Å². The molecule has 2 aliphatic heterocycles. The van der Waals surface area contributed by atoms with Gasteiger partial charge in [0.15, 0.2) is 0 Å². The number of aromatic nitrogens is 1. The summed E-state index contributed by atoms with van der Waals surface area (Å²) in [5, 5.41) is 2.79. The van der Waals surface area contributed by atoms with E-state index < -0.39 is 42.7 Å². The maximum absolute atomic E-state index is 14.4. The fourth-order valence-electron chi connectivity index (χ4n) is 6.68. The summed E-state index contributed by atoms with van der Waals surface area (Å²) in [5.74, 6) is -1.83. The molecule has 0 saturated carbocycles. The average Bonchev–Trinajstić information content (AvgIpc) is 3.72. The van der Waals surface area contributed by atoms with E-state index in [4.69, 9.17) is 9.79 Å². The summed E-state index contributed by atoms with van der Waals surface area (Å²) >= 11 is 0. The molecular formula is C35H36F2N5O7P. The number of benzene rings is 3. The van der Waals surface area contributed by atoms with E-state index in [-0.39, 0.29) is 54.0 Å². The van der Waals surface area contributed by atoms with E-state index in [1.165, 1.54) is 21.9 Å². The number of hydrogen-bond acceptors (Lipinski definition) is 5. The summed E-state index contributed by atoms with van der Waals surface area (Å²) in [6.07, 6.45) is 1.44. The van der Waals surface area contributed by atoms with Gasteiger partial charge in [-0.05, 0) is 55.2 Å². The van der Waals surface area contributed by atoms with Gasteiger partial charge in [0, 0.05) is 48.3 Å². The minimum absolute atomic E-state index is 0.0800. The number of likely N-dealkylation sites (N-methyl/N-ethyl adjacent to an activating group) is 1. The third-order valence-corrected chi connectivity index (χ3v) is 10.4. The summed E-state index contributed by atoms with van der Waals surface area (Å²) in [4.78, 5) is 81.1. The van der Waals surface area contributed by atoms with Crippen LogP contribution in [0.2, 0.25) is 0 Å². The number of H-pyrrole nitrogens is 1. The molecule has 2 fully saturated rings. The first-order valence-electron chi connectivity index (χ1n) is 16.1. The summed E-state index contributed by atoms with van der Waals surface area (Å²) in [7, 11) is -4.19. The van der Waals surface area contributed by atoms with E-state index in [0.717, 1.165) is 17.7 Å². The Hall–Kier alpha value is -4.91. The van der Waals surface area contributed by atoms with Crippen LogP contribution in [0, 0.1) is 0 Å². The van der Waals surface area contributed by atoms with Gasteiger partial charge in [-0.2, -0.15) is 8.78 Å². The first-order valence-corrected chi connectivity index (χ1v) is 17.7. The van der Waals surface area contributed by atoms with Crippen LogP contribution in [-0.4, -0.2) is 86.5 Å². The SMILES string of the molecule is CN(C(=O)[C@@H]1CC[C@@H]2CCN(C(=O)Cc3ccccc3)CC(NC(=O)c3cc4cc(C(F)(F)P(=O)(O)O)ccc4[nH]3)C(=O)N21)c1ccccc1. The molecule has 3 aromatic carbocycles. The lowest BCUT2D eigenvalue weighted by molar-refractivity contribution is -0.144. The van der Waals surface area contributed by atoms with Gasteiger partial charge < -0.3 is 34.8 Å². The maximum atomic E-state index is 14.4. The second-order valence-corrected chi connectivity index (χ2v) is 14.3. The molecule has 15 heteroatoms. The fraction of sp³-hybridized carbons (Fsp3) is 0.314. The second-order valence-electron chi connectivity index (χ2n) is 12.6. The Morgan fingerprint density at radius 3 is 2.34 bits per heavy atom. The Bertz CT molecular complexity index is 1970. The Morgan fingerprint density at radius 2 is 1.66 bits per heavy atom. The van der Waals surface area contributed by atoms with Gasteiger partial charge in [-0.25, -0.2) is 0 Å². The number of anilines is 1. The van der Waals surface area contributed by atoms with E-state index in [9.17, 15) is 32.5 Å². The number of para-hydroxylation sites is 1. The predicted molar refractivity (Wildman–Crippen MR) is 180 cm³/mol. The number of carbonyl (C=O) groups excluding carboxylic acids is 4. The van der Waals surface area contributed by atoms with Gasteiger partial charge in [0.2, 0.25) is 17.7 Å². The summed E-state index contributed by atoms with van der Waals surface area (Å²) in [6, 6.07) is 19.8. The smallest absolute Gasteiger partial charge is 0.351 e.